The molecule has 0 aliphatic rings. The van der Waals surface area contributed by atoms with Crippen molar-refractivity contribution in [2.75, 3.05) is 39.6 Å². The largest absolute Gasteiger partial charge is 0.394 e. The average Bonchev–Trinajstić information content (AvgIpc) is 2.48. The summed E-state index contributed by atoms with van der Waals surface area (Å²) in [5, 5.41) is 27.7. The summed E-state index contributed by atoms with van der Waals surface area (Å²) in [6.07, 6.45) is -1.75. The third-order valence-corrected chi connectivity index (χ3v) is 2.73. The van der Waals surface area contributed by atoms with E-state index < -0.39 is 12.2 Å². The van der Waals surface area contributed by atoms with E-state index in [1.54, 1.807) is 13.8 Å². The van der Waals surface area contributed by atoms with Crippen molar-refractivity contribution in [3.05, 3.63) is 0 Å². The molecule has 0 spiro atoms. The Hall–Kier alpha value is -0.280. The highest BCUT2D eigenvalue weighted by Gasteiger charge is 2.11. The number of aliphatic hydroxyl groups is 3. The number of rotatable bonds is 14. The summed E-state index contributed by atoms with van der Waals surface area (Å²) in [7, 11) is 0. The summed E-state index contributed by atoms with van der Waals surface area (Å²) in [5.74, 6) is 0. The third-order valence-electron chi connectivity index (χ3n) is 2.73. The van der Waals surface area contributed by atoms with Crippen LogP contribution in [0.5, 0.6) is 0 Å². The van der Waals surface area contributed by atoms with Gasteiger partial charge in [0.15, 0.2) is 0 Å². The summed E-state index contributed by atoms with van der Waals surface area (Å²) in [6.45, 7) is 8.35. The van der Waals surface area contributed by atoms with Gasteiger partial charge < -0.3 is 34.3 Å². The molecule has 0 heterocycles. The maximum atomic E-state index is 9.74. The molecule has 0 rings (SSSR count). The van der Waals surface area contributed by atoms with Gasteiger partial charge in [-0.25, -0.2) is 0 Å². The normalized spacial score (nSPS) is 18.7. The van der Waals surface area contributed by atoms with E-state index in [-0.39, 0.29) is 44.7 Å². The number of aliphatic hydroxyl groups excluding tert-OH is 3. The van der Waals surface area contributed by atoms with Crippen molar-refractivity contribution < 1.29 is 34.3 Å². The van der Waals surface area contributed by atoms with E-state index in [1.165, 1.54) is 0 Å². The molecule has 0 saturated carbocycles. The molecule has 0 aromatic rings. The standard InChI is InChI=1S/C15H32O7/c1-11(17)6-20-13(3)7-19-9-15(18)10-22-14(4)8-21-12(2)5-16/h11-18H,5-10H2,1-4H3. The van der Waals surface area contributed by atoms with Crippen LogP contribution in [0, 0.1) is 0 Å². The average molecular weight is 324 g/mol. The fraction of sp³-hybridized carbons (Fsp3) is 1.00. The molecule has 0 aromatic heterocycles. The van der Waals surface area contributed by atoms with Gasteiger partial charge in [-0.3, -0.25) is 0 Å². The van der Waals surface area contributed by atoms with Gasteiger partial charge in [0.25, 0.3) is 0 Å². The fourth-order valence-electron chi connectivity index (χ4n) is 1.45. The smallest absolute Gasteiger partial charge is 0.101 e. The number of hydrogen-bond acceptors (Lipinski definition) is 7. The summed E-state index contributed by atoms with van der Waals surface area (Å²) in [4.78, 5) is 0. The van der Waals surface area contributed by atoms with Gasteiger partial charge in [0.05, 0.1) is 64.1 Å². The molecule has 5 unspecified atom stereocenters. The number of ether oxygens (including phenoxy) is 4. The van der Waals surface area contributed by atoms with Gasteiger partial charge in [0.1, 0.15) is 6.10 Å². The first-order valence-corrected chi connectivity index (χ1v) is 7.74. The highest BCUT2D eigenvalue weighted by molar-refractivity contribution is 4.57. The van der Waals surface area contributed by atoms with Gasteiger partial charge in [-0.15, -0.1) is 0 Å². The van der Waals surface area contributed by atoms with Crippen LogP contribution in [-0.4, -0.2) is 85.5 Å². The van der Waals surface area contributed by atoms with Crippen molar-refractivity contribution in [1.82, 2.24) is 0 Å². The minimum absolute atomic E-state index is 0.0293. The Morgan fingerprint density at radius 1 is 0.682 bits per heavy atom. The molecule has 134 valence electrons. The third kappa shape index (κ3) is 13.4. The Balaban J connectivity index is 3.58. The van der Waals surface area contributed by atoms with E-state index in [4.69, 9.17) is 29.2 Å². The van der Waals surface area contributed by atoms with Crippen LogP contribution >= 0.6 is 0 Å². The van der Waals surface area contributed by atoms with Gasteiger partial charge in [0, 0.05) is 0 Å². The second-order valence-corrected chi connectivity index (χ2v) is 5.65. The van der Waals surface area contributed by atoms with Crippen molar-refractivity contribution in [2.24, 2.45) is 0 Å². The number of hydrogen-bond donors (Lipinski definition) is 3. The molecule has 22 heavy (non-hydrogen) atoms. The van der Waals surface area contributed by atoms with Gasteiger partial charge in [0.2, 0.25) is 0 Å². The zero-order chi connectivity index (χ0) is 17.0. The summed E-state index contributed by atoms with van der Waals surface area (Å²) < 4.78 is 21.4. The van der Waals surface area contributed by atoms with Crippen LogP contribution in [0.4, 0.5) is 0 Å². The molecule has 0 radical (unpaired) electrons. The minimum Gasteiger partial charge on any atom is -0.394 e. The van der Waals surface area contributed by atoms with E-state index >= 15 is 0 Å². The van der Waals surface area contributed by atoms with Crippen LogP contribution in [0.3, 0.4) is 0 Å². The molecule has 0 saturated heterocycles. The Kier molecular flexibility index (Phi) is 13.0. The lowest BCUT2D eigenvalue weighted by Gasteiger charge is -2.19. The van der Waals surface area contributed by atoms with Crippen LogP contribution in [0.25, 0.3) is 0 Å². The fourth-order valence-corrected chi connectivity index (χ4v) is 1.45. The summed E-state index contributed by atoms with van der Waals surface area (Å²) in [6, 6.07) is 0. The first kappa shape index (κ1) is 21.7. The molecule has 7 heteroatoms. The lowest BCUT2D eigenvalue weighted by atomic mass is 10.3. The molecule has 5 atom stereocenters. The van der Waals surface area contributed by atoms with Gasteiger partial charge in [-0.2, -0.15) is 0 Å². The van der Waals surface area contributed by atoms with Crippen LogP contribution in [0.1, 0.15) is 27.7 Å². The molecular formula is C15H32O7. The van der Waals surface area contributed by atoms with Crippen LogP contribution in [-0.2, 0) is 18.9 Å². The van der Waals surface area contributed by atoms with E-state index in [1.807, 2.05) is 13.8 Å². The minimum atomic E-state index is -0.721. The predicted octanol–water partition coefficient (Wildman–Crippen LogP) is -0.0477. The Morgan fingerprint density at radius 3 is 1.82 bits per heavy atom. The van der Waals surface area contributed by atoms with Crippen molar-refractivity contribution in [1.29, 1.82) is 0 Å². The molecule has 7 nitrogen and oxygen atoms in total. The van der Waals surface area contributed by atoms with Gasteiger partial charge >= 0.3 is 0 Å². The topological polar surface area (TPSA) is 97.6 Å². The molecular weight excluding hydrogens is 292 g/mol. The Morgan fingerprint density at radius 2 is 1.23 bits per heavy atom. The lowest BCUT2D eigenvalue weighted by molar-refractivity contribution is -0.0880. The molecule has 0 bridgehead atoms. The second-order valence-electron chi connectivity index (χ2n) is 5.65. The SMILES string of the molecule is CC(O)COC(C)COCC(O)COC(C)COC(C)CO. The van der Waals surface area contributed by atoms with E-state index in [9.17, 15) is 5.11 Å². The maximum absolute atomic E-state index is 9.74. The zero-order valence-corrected chi connectivity index (χ0v) is 14.1. The van der Waals surface area contributed by atoms with E-state index in [0.717, 1.165) is 0 Å². The monoisotopic (exact) mass is 324 g/mol. The summed E-state index contributed by atoms with van der Waals surface area (Å²) in [5.41, 5.74) is 0. The van der Waals surface area contributed by atoms with Crippen molar-refractivity contribution in [3.63, 3.8) is 0 Å². The molecule has 0 amide bonds. The molecule has 0 fully saturated rings. The molecule has 0 aliphatic heterocycles. The summed E-state index contributed by atoms with van der Waals surface area (Å²) >= 11 is 0. The second kappa shape index (κ2) is 13.2. The first-order chi connectivity index (χ1) is 10.3. The van der Waals surface area contributed by atoms with Gasteiger partial charge in [-0.1, -0.05) is 0 Å². The van der Waals surface area contributed by atoms with Gasteiger partial charge in [-0.05, 0) is 27.7 Å². The molecule has 0 aromatic carbocycles. The van der Waals surface area contributed by atoms with Crippen molar-refractivity contribution >= 4 is 0 Å². The van der Waals surface area contributed by atoms with E-state index in [0.29, 0.717) is 13.2 Å². The Bertz CT molecular complexity index is 250. The van der Waals surface area contributed by atoms with Crippen molar-refractivity contribution in [3.8, 4) is 0 Å². The van der Waals surface area contributed by atoms with Crippen molar-refractivity contribution in [2.45, 2.75) is 58.2 Å². The van der Waals surface area contributed by atoms with Crippen LogP contribution in [0.2, 0.25) is 0 Å². The van der Waals surface area contributed by atoms with Crippen LogP contribution in [0.15, 0.2) is 0 Å². The quantitative estimate of drug-likeness (QED) is 0.412. The Labute approximate surface area is 133 Å². The molecule has 0 aliphatic carbocycles. The van der Waals surface area contributed by atoms with E-state index in [2.05, 4.69) is 0 Å². The highest BCUT2D eigenvalue weighted by atomic mass is 16.6. The van der Waals surface area contributed by atoms with Crippen LogP contribution < -0.4 is 0 Å². The predicted molar refractivity (Wildman–Crippen MR) is 81.8 cm³/mol. The maximum Gasteiger partial charge on any atom is 0.101 e. The highest BCUT2D eigenvalue weighted by Crippen LogP contribution is 1.99. The zero-order valence-electron chi connectivity index (χ0n) is 14.1. The molecule has 3 N–H and O–H groups in total. The lowest BCUT2D eigenvalue weighted by Crippen LogP contribution is -2.29. The first-order valence-electron chi connectivity index (χ1n) is 7.74.